The molecule has 9 nitrogen and oxygen atoms in total. The standard InChI is InChI=1S/C4H5NO4.C3H7NO3/c6-3(7)2-1-9-4(8)5-2;4-2(1-5)3(6)7/h2H,1H2,(H,5,8)(H,6,7);2,5H,1,4H2,(H,6,7). The molecule has 1 rings (SSSR count). The van der Waals surface area contributed by atoms with Crippen molar-refractivity contribution in [3.63, 3.8) is 0 Å². The average molecular weight is 236 g/mol. The molecular weight excluding hydrogens is 224 g/mol. The molecule has 16 heavy (non-hydrogen) atoms. The number of hydrogen-bond donors (Lipinski definition) is 5. The van der Waals surface area contributed by atoms with Crippen LogP contribution in [0, 0.1) is 0 Å². The van der Waals surface area contributed by atoms with Crippen LogP contribution >= 0.6 is 0 Å². The highest BCUT2D eigenvalue weighted by atomic mass is 16.6. The highest BCUT2D eigenvalue weighted by molar-refractivity contribution is 5.82. The summed E-state index contributed by atoms with van der Waals surface area (Å²) < 4.78 is 4.30. The van der Waals surface area contributed by atoms with Crippen molar-refractivity contribution in [2.75, 3.05) is 13.2 Å². The van der Waals surface area contributed by atoms with Crippen molar-refractivity contribution in [1.82, 2.24) is 5.32 Å². The van der Waals surface area contributed by atoms with E-state index in [-0.39, 0.29) is 6.61 Å². The number of ether oxygens (including phenoxy) is 1. The molecule has 1 aliphatic rings. The largest absolute Gasteiger partial charge is 0.480 e. The number of carbonyl (C=O) groups is 3. The van der Waals surface area contributed by atoms with E-state index in [1.807, 2.05) is 0 Å². The number of carboxylic acids is 2. The number of aliphatic hydroxyl groups is 1. The third-order valence-electron chi connectivity index (χ3n) is 1.49. The Morgan fingerprint density at radius 2 is 2.12 bits per heavy atom. The number of rotatable bonds is 3. The lowest BCUT2D eigenvalue weighted by Gasteiger charge is -1.96. The minimum absolute atomic E-state index is 0.0752. The van der Waals surface area contributed by atoms with Gasteiger partial charge in [-0.05, 0) is 0 Å². The van der Waals surface area contributed by atoms with Gasteiger partial charge in [-0.25, -0.2) is 9.59 Å². The number of alkyl carbamates (subject to hydrolysis) is 1. The van der Waals surface area contributed by atoms with E-state index in [1.165, 1.54) is 0 Å². The number of nitrogens with two attached hydrogens (primary N) is 1. The molecule has 0 aromatic rings. The summed E-state index contributed by atoms with van der Waals surface area (Å²) in [5, 5.41) is 26.2. The van der Waals surface area contributed by atoms with Crippen molar-refractivity contribution in [3.8, 4) is 0 Å². The topological polar surface area (TPSA) is 159 Å². The quantitative estimate of drug-likeness (QED) is 0.361. The van der Waals surface area contributed by atoms with Gasteiger partial charge in [0.2, 0.25) is 0 Å². The summed E-state index contributed by atoms with van der Waals surface area (Å²) in [5.74, 6) is -2.25. The Balaban J connectivity index is 0.000000293. The van der Waals surface area contributed by atoms with Crippen LogP contribution in [-0.2, 0) is 14.3 Å². The van der Waals surface area contributed by atoms with Crippen LogP contribution in [0.25, 0.3) is 0 Å². The molecule has 0 aromatic carbocycles. The Kier molecular flexibility index (Phi) is 5.81. The van der Waals surface area contributed by atoms with Crippen LogP contribution in [0.4, 0.5) is 4.79 Å². The first-order valence-electron chi connectivity index (χ1n) is 4.13. The van der Waals surface area contributed by atoms with E-state index in [9.17, 15) is 14.4 Å². The SMILES string of the molecule is NC(CO)C(=O)O.O=C1NC(C(=O)O)CO1. The third-order valence-corrected chi connectivity index (χ3v) is 1.49. The first-order chi connectivity index (χ1) is 7.38. The van der Waals surface area contributed by atoms with Crippen LogP contribution in [0.3, 0.4) is 0 Å². The molecule has 92 valence electrons. The predicted octanol–water partition coefficient (Wildman–Crippen LogP) is -2.43. The van der Waals surface area contributed by atoms with Gasteiger partial charge >= 0.3 is 18.0 Å². The lowest BCUT2D eigenvalue weighted by Crippen LogP contribution is -2.33. The van der Waals surface area contributed by atoms with Crippen molar-refractivity contribution in [2.45, 2.75) is 12.1 Å². The van der Waals surface area contributed by atoms with Gasteiger partial charge in [-0.15, -0.1) is 0 Å². The summed E-state index contributed by atoms with van der Waals surface area (Å²) in [4.78, 5) is 29.9. The molecule has 6 N–H and O–H groups in total. The first-order valence-corrected chi connectivity index (χ1v) is 4.13. The first kappa shape index (κ1) is 14.1. The molecule has 1 fully saturated rings. The van der Waals surface area contributed by atoms with E-state index in [1.54, 1.807) is 0 Å². The molecule has 0 saturated carbocycles. The second-order valence-corrected chi connectivity index (χ2v) is 2.76. The van der Waals surface area contributed by atoms with Crippen LogP contribution in [0.2, 0.25) is 0 Å². The lowest BCUT2D eigenvalue weighted by atomic mass is 10.3. The second-order valence-electron chi connectivity index (χ2n) is 2.76. The fourth-order valence-electron chi connectivity index (χ4n) is 0.596. The van der Waals surface area contributed by atoms with E-state index >= 15 is 0 Å². The fourth-order valence-corrected chi connectivity index (χ4v) is 0.596. The summed E-state index contributed by atoms with van der Waals surface area (Å²) >= 11 is 0. The number of amides is 1. The minimum Gasteiger partial charge on any atom is -0.480 e. The van der Waals surface area contributed by atoms with Gasteiger partial charge in [0.25, 0.3) is 0 Å². The molecule has 2 atom stereocenters. The summed E-state index contributed by atoms with van der Waals surface area (Å²) in [7, 11) is 0. The molecule has 1 heterocycles. The van der Waals surface area contributed by atoms with Crippen LogP contribution in [0.5, 0.6) is 0 Å². The zero-order chi connectivity index (χ0) is 12.7. The van der Waals surface area contributed by atoms with Crippen molar-refractivity contribution >= 4 is 18.0 Å². The average Bonchev–Trinajstić information content (AvgIpc) is 2.64. The predicted molar refractivity (Wildman–Crippen MR) is 48.6 cm³/mol. The van der Waals surface area contributed by atoms with Gasteiger partial charge in [0.1, 0.15) is 12.6 Å². The van der Waals surface area contributed by atoms with Crippen molar-refractivity contribution in [2.24, 2.45) is 5.73 Å². The Bertz CT molecular complexity index is 280. The highest BCUT2D eigenvalue weighted by Gasteiger charge is 2.27. The van der Waals surface area contributed by atoms with Crippen molar-refractivity contribution in [3.05, 3.63) is 0 Å². The summed E-state index contributed by atoms with van der Waals surface area (Å²) in [6, 6.07) is -1.99. The maximum atomic E-state index is 10.2. The molecule has 0 aliphatic carbocycles. The van der Waals surface area contributed by atoms with Gasteiger partial charge in [0.05, 0.1) is 6.61 Å². The van der Waals surface area contributed by atoms with Crippen molar-refractivity contribution in [1.29, 1.82) is 0 Å². The van der Waals surface area contributed by atoms with Crippen LogP contribution < -0.4 is 11.1 Å². The van der Waals surface area contributed by atoms with Crippen LogP contribution in [0.1, 0.15) is 0 Å². The number of carboxylic acid groups (broad SMARTS) is 2. The molecular formula is C7H12N2O7. The lowest BCUT2D eigenvalue weighted by molar-refractivity contribution is -0.140. The number of aliphatic carboxylic acids is 2. The maximum Gasteiger partial charge on any atom is 0.408 e. The van der Waals surface area contributed by atoms with Gasteiger partial charge in [0.15, 0.2) is 6.04 Å². The van der Waals surface area contributed by atoms with E-state index in [0.717, 1.165) is 0 Å². The fraction of sp³-hybridized carbons (Fsp3) is 0.571. The van der Waals surface area contributed by atoms with Gasteiger partial charge in [-0.2, -0.15) is 0 Å². The molecule has 1 amide bonds. The number of nitrogens with one attached hydrogen (secondary N) is 1. The molecule has 9 heteroatoms. The van der Waals surface area contributed by atoms with Gasteiger partial charge in [-0.1, -0.05) is 0 Å². The molecule has 1 aliphatic heterocycles. The van der Waals surface area contributed by atoms with Gasteiger partial charge in [0, 0.05) is 0 Å². The van der Waals surface area contributed by atoms with E-state index < -0.39 is 36.7 Å². The molecule has 1 saturated heterocycles. The zero-order valence-corrected chi connectivity index (χ0v) is 8.12. The summed E-state index contributed by atoms with van der Waals surface area (Å²) in [6.45, 7) is -0.580. The van der Waals surface area contributed by atoms with Crippen molar-refractivity contribution < 1.29 is 34.4 Å². The monoisotopic (exact) mass is 236 g/mol. The Morgan fingerprint density at radius 1 is 1.56 bits per heavy atom. The highest BCUT2D eigenvalue weighted by Crippen LogP contribution is 1.95. The maximum absolute atomic E-state index is 10.2. The minimum atomic E-state index is -1.18. The van der Waals surface area contributed by atoms with E-state index in [4.69, 9.17) is 21.1 Å². The Hall–Kier alpha value is -1.87. The molecule has 2 unspecified atom stereocenters. The van der Waals surface area contributed by atoms with E-state index in [0.29, 0.717) is 0 Å². The number of aliphatic hydroxyl groups excluding tert-OH is 1. The molecule has 0 bridgehead atoms. The Morgan fingerprint density at radius 3 is 2.25 bits per heavy atom. The van der Waals surface area contributed by atoms with Crippen LogP contribution in [-0.4, -0.2) is 58.6 Å². The summed E-state index contributed by atoms with van der Waals surface area (Å²) in [5.41, 5.74) is 4.77. The summed E-state index contributed by atoms with van der Waals surface area (Å²) in [6.07, 6.45) is -0.664. The molecule has 0 radical (unpaired) electrons. The Labute approximate surface area is 89.8 Å². The molecule has 0 aromatic heterocycles. The smallest absolute Gasteiger partial charge is 0.408 e. The zero-order valence-electron chi connectivity index (χ0n) is 8.12. The van der Waals surface area contributed by atoms with E-state index in [2.05, 4.69) is 10.1 Å². The van der Waals surface area contributed by atoms with Gasteiger partial charge < -0.3 is 31.1 Å². The van der Waals surface area contributed by atoms with Gasteiger partial charge in [-0.3, -0.25) is 4.79 Å². The molecule has 0 spiro atoms. The number of cyclic esters (lactones) is 1. The number of carbonyl (C=O) groups excluding carboxylic acids is 1. The third kappa shape index (κ3) is 5.12. The normalized spacial score (nSPS) is 19.9. The number of hydrogen-bond acceptors (Lipinski definition) is 6. The second kappa shape index (κ2) is 6.58. The van der Waals surface area contributed by atoms with Crippen LogP contribution in [0.15, 0.2) is 0 Å².